The van der Waals surface area contributed by atoms with E-state index >= 15 is 0 Å². The van der Waals surface area contributed by atoms with Crippen LogP contribution in [-0.4, -0.2) is 64.3 Å². The second-order valence-corrected chi connectivity index (χ2v) is 5.98. The minimum atomic E-state index is -1.02. The van der Waals surface area contributed by atoms with Gasteiger partial charge in [0.25, 0.3) is 0 Å². The van der Waals surface area contributed by atoms with Gasteiger partial charge in [0.05, 0.1) is 12.1 Å². The molecular formula is C14H26N2O4. The number of carbonyl (C=O) groups excluding carboxylic acids is 1. The maximum atomic E-state index is 12.4. The van der Waals surface area contributed by atoms with Crippen LogP contribution < -0.4 is 0 Å². The second-order valence-electron chi connectivity index (χ2n) is 5.98. The maximum absolute atomic E-state index is 12.4. The maximum Gasteiger partial charge on any atom is 0.323 e. The number of amides is 2. The first-order valence-electron chi connectivity index (χ1n) is 7.24. The molecule has 1 rings (SSSR count). The van der Waals surface area contributed by atoms with Gasteiger partial charge < -0.3 is 20.0 Å². The average molecular weight is 286 g/mol. The smallest absolute Gasteiger partial charge is 0.323 e. The number of hydrogen-bond acceptors (Lipinski definition) is 3. The van der Waals surface area contributed by atoms with Crippen LogP contribution in [0.1, 0.15) is 39.5 Å². The van der Waals surface area contributed by atoms with Gasteiger partial charge in [-0.2, -0.15) is 0 Å². The summed E-state index contributed by atoms with van der Waals surface area (Å²) in [7, 11) is 1.65. The number of rotatable bonds is 5. The number of nitrogens with zero attached hydrogens (tertiary/aromatic N) is 2. The van der Waals surface area contributed by atoms with Crippen LogP contribution in [0, 0.1) is 5.92 Å². The Hall–Kier alpha value is -1.30. The van der Waals surface area contributed by atoms with Crippen molar-refractivity contribution in [1.29, 1.82) is 0 Å². The molecule has 2 N–H and O–H groups in total. The highest BCUT2D eigenvalue weighted by atomic mass is 16.4. The van der Waals surface area contributed by atoms with Crippen LogP contribution in [-0.2, 0) is 4.79 Å². The minimum Gasteiger partial charge on any atom is -0.480 e. The lowest BCUT2D eigenvalue weighted by atomic mass is 9.92. The molecule has 2 amide bonds. The van der Waals surface area contributed by atoms with E-state index in [2.05, 4.69) is 0 Å². The van der Waals surface area contributed by atoms with Gasteiger partial charge in [-0.3, -0.25) is 4.79 Å². The van der Waals surface area contributed by atoms with Gasteiger partial charge >= 0.3 is 12.0 Å². The monoisotopic (exact) mass is 286 g/mol. The molecule has 1 fully saturated rings. The van der Waals surface area contributed by atoms with Gasteiger partial charge in [0.2, 0.25) is 0 Å². The molecule has 2 atom stereocenters. The molecular weight excluding hydrogens is 260 g/mol. The predicted octanol–water partition coefficient (Wildman–Crippen LogP) is 1.38. The molecule has 116 valence electrons. The van der Waals surface area contributed by atoms with Crippen molar-refractivity contribution in [2.24, 2.45) is 5.92 Å². The van der Waals surface area contributed by atoms with Crippen LogP contribution in [0.4, 0.5) is 4.79 Å². The number of carboxylic acid groups (broad SMARTS) is 1. The van der Waals surface area contributed by atoms with Crippen molar-refractivity contribution in [2.45, 2.75) is 51.7 Å². The van der Waals surface area contributed by atoms with E-state index < -0.39 is 12.1 Å². The Kier molecular flexibility index (Phi) is 6.26. The van der Waals surface area contributed by atoms with Gasteiger partial charge in [0, 0.05) is 13.6 Å². The number of hydrogen-bond donors (Lipinski definition) is 2. The van der Waals surface area contributed by atoms with Crippen molar-refractivity contribution >= 4 is 12.0 Å². The Morgan fingerprint density at radius 1 is 1.25 bits per heavy atom. The highest BCUT2D eigenvalue weighted by Gasteiger charge is 2.32. The van der Waals surface area contributed by atoms with Crippen molar-refractivity contribution in [3.05, 3.63) is 0 Å². The summed E-state index contributed by atoms with van der Waals surface area (Å²) < 4.78 is 0. The topological polar surface area (TPSA) is 81.1 Å². The summed E-state index contributed by atoms with van der Waals surface area (Å²) in [5.74, 6) is -0.820. The molecule has 1 aliphatic carbocycles. The van der Waals surface area contributed by atoms with E-state index in [-0.39, 0.29) is 24.5 Å². The normalized spacial score (nSPS) is 22.6. The van der Waals surface area contributed by atoms with Crippen LogP contribution in [0.3, 0.4) is 0 Å². The molecule has 0 bridgehead atoms. The van der Waals surface area contributed by atoms with Crippen molar-refractivity contribution in [2.75, 3.05) is 20.1 Å². The standard InChI is InChI=1S/C14H26N2O4/c1-10(2)8-16(9-13(18)19)14(20)15(3)11-6-4-5-7-12(11)17/h10-12,17H,4-9H2,1-3H3,(H,18,19). The number of aliphatic hydroxyl groups is 1. The lowest BCUT2D eigenvalue weighted by Gasteiger charge is -2.38. The van der Waals surface area contributed by atoms with Crippen LogP contribution in [0.25, 0.3) is 0 Å². The van der Waals surface area contributed by atoms with E-state index in [1.807, 2.05) is 13.8 Å². The fraction of sp³-hybridized carbons (Fsp3) is 0.857. The zero-order valence-corrected chi connectivity index (χ0v) is 12.6. The van der Waals surface area contributed by atoms with E-state index in [0.717, 1.165) is 19.3 Å². The number of likely N-dealkylation sites (N-methyl/N-ethyl adjacent to an activating group) is 1. The predicted molar refractivity (Wildman–Crippen MR) is 75.5 cm³/mol. The number of aliphatic hydroxyl groups excluding tert-OH is 1. The molecule has 20 heavy (non-hydrogen) atoms. The lowest BCUT2D eigenvalue weighted by molar-refractivity contribution is -0.137. The number of carbonyl (C=O) groups is 2. The highest BCUT2D eigenvalue weighted by molar-refractivity contribution is 5.80. The third-order valence-electron chi connectivity index (χ3n) is 3.68. The number of aliphatic carboxylic acids is 1. The Morgan fingerprint density at radius 2 is 1.85 bits per heavy atom. The summed E-state index contributed by atoms with van der Waals surface area (Å²) in [5, 5.41) is 18.9. The fourth-order valence-electron chi connectivity index (χ4n) is 2.72. The Morgan fingerprint density at radius 3 is 2.35 bits per heavy atom. The molecule has 0 aromatic rings. The van der Waals surface area contributed by atoms with Gasteiger partial charge in [-0.1, -0.05) is 26.7 Å². The zero-order valence-electron chi connectivity index (χ0n) is 12.6. The van der Waals surface area contributed by atoms with Crippen molar-refractivity contribution in [3.8, 4) is 0 Å². The molecule has 1 aliphatic rings. The third kappa shape index (κ3) is 4.67. The average Bonchev–Trinajstić information content (AvgIpc) is 2.35. The number of carboxylic acids is 1. The Bertz CT molecular complexity index is 346. The lowest BCUT2D eigenvalue weighted by Crippen LogP contribution is -2.52. The van der Waals surface area contributed by atoms with E-state index in [1.165, 1.54) is 9.80 Å². The molecule has 0 spiro atoms. The van der Waals surface area contributed by atoms with E-state index in [9.17, 15) is 14.7 Å². The highest BCUT2D eigenvalue weighted by Crippen LogP contribution is 2.23. The largest absolute Gasteiger partial charge is 0.480 e. The summed E-state index contributed by atoms with van der Waals surface area (Å²) >= 11 is 0. The molecule has 6 nitrogen and oxygen atoms in total. The molecule has 2 unspecified atom stereocenters. The quantitative estimate of drug-likeness (QED) is 0.800. The summed E-state index contributed by atoms with van der Waals surface area (Å²) in [5.41, 5.74) is 0. The van der Waals surface area contributed by atoms with E-state index in [0.29, 0.717) is 13.0 Å². The summed E-state index contributed by atoms with van der Waals surface area (Å²) in [6, 6.07) is -0.522. The number of urea groups is 1. The first-order valence-corrected chi connectivity index (χ1v) is 7.24. The first kappa shape index (κ1) is 16.8. The molecule has 0 radical (unpaired) electrons. The molecule has 6 heteroatoms. The minimum absolute atomic E-state index is 0.197. The molecule has 0 saturated heterocycles. The molecule has 0 heterocycles. The van der Waals surface area contributed by atoms with Gasteiger partial charge in [0.1, 0.15) is 6.54 Å². The Labute approximate surface area is 120 Å². The fourth-order valence-corrected chi connectivity index (χ4v) is 2.72. The first-order chi connectivity index (χ1) is 9.32. The molecule has 0 aromatic heterocycles. The SMILES string of the molecule is CC(C)CN(CC(=O)O)C(=O)N(C)C1CCCCC1O. The van der Waals surface area contributed by atoms with Gasteiger partial charge in [-0.25, -0.2) is 4.79 Å². The van der Waals surface area contributed by atoms with E-state index in [4.69, 9.17) is 5.11 Å². The van der Waals surface area contributed by atoms with E-state index in [1.54, 1.807) is 7.05 Å². The Balaban J connectivity index is 2.73. The zero-order chi connectivity index (χ0) is 15.3. The summed E-state index contributed by atoms with van der Waals surface area (Å²) in [4.78, 5) is 26.2. The van der Waals surface area contributed by atoms with Gasteiger partial charge in [-0.15, -0.1) is 0 Å². The summed E-state index contributed by atoms with van der Waals surface area (Å²) in [6.07, 6.45) is 2.92. The van der Waals surface area contributed by atoms with Crippen molar-refractivity contribution in [3.63, 3.8) is 0 Å². The second kappa shape index (κ2) is 7.47. The van der Waals surface area contributed by atoms with Crippen LogP contribution in [0.15, 0.2) is 0 Å². The molecule has 0 aromatic carbocycles. The van der Waals surface area contributed by atoms with Crippen molar-refractivity contribution < 1.29 is 19.8 Å². The molecule has 1 saturated carbocycles. The van der Waals surface area contributed by atoms with Crippen LogP contribution >= 0.6 is 0 Å². The summed E-state index contributed by atoms with van der Waals surface area (Å²) in [6.45, 7) is 3.98. The van der Waals surface area contributed by atoms with Crippen molar-refractivity contribution in [1.82, 2.24) is 9.80 Å². The third-order valence-corrected chi connectivity index (χ3v) is 3.68. The van der Waals surface area contributed by atoms with Crippen LogP contribution in [0.5, 0.6) is 0 Å². The molecule has 0 aliphatic heterocycles. The van der Waals surface area contributed by atoms with Crippen LogP contribution in [0.2, 0.25) is 0 Å². The van der Waals surface area contributed by atoms with Gasteiger partial charge in [-0.05, 0) is 18.8 Å². The van der Waals surface area contributed by atoms with Gasteiger partial charge in [0.15, 0.2) is 0 Å².